The first-order valence-corrected chi connectivity index (χ1v) is 7.17. The highest BCUT2D eigenvalue weighted by molar-refractivity contribution is 5.02. The van der Waals surface area contributed by atoms with Gasteiger partial charge in [-0.25, -0.2) is 0 Å². The van der Waals surface area contributed by atoms with Crippen LogP contribution in [0.4, 0.5) is 0 Å². The molecular weight excluding hydrogens is 192 g/mol. The summed E-state index contributed by atoms with van der Waals surface area (Å²) in [5.41, 5.74) is 1.32. The fourth-order valence-corrected chi connectivity index (χ4v) is 5.12. The molecule has 1 saturated carbocycles. The molecular formula is C16H32. The Bertz CT molecular complexity index is 203. The van der Waals surface area contributed by atoms with Crippen molar-refractivity contribution < 1.29 is 0 Å². The van der Waals surface area contributed by atoms with E-state index in [0.717, 1.165) is 5.92 Å². The van der Waals surface area contributed by atoms with Crippen molar-refractivity contribution in [2.45, 2.75) is 80.6 Å². The fraction of sp³-hybridized carbons (Fsp3) is 1.00. The standard InChI is InChI=1S/C16H32/c1-8-16(14(2,3)4,15(5,6)7)13-11-9-10-12-13/h13H,8-12H2,1-7H3. The van der Waals surface area contributed by atoms with Crippen LogP contribution in [-0.4, -0.2) is 0 Å². The molecule has 0 nitrogen and oxygen atoms in total. The average Bonchev–Trinajstić information content (AvgIpc) is 2.53. The summed E-state index contributed by atoms with van der Waals surface area (Å²) in [4.78, 5) is 0. The molecule has 0 atom stereocenters. The van der Waals surface area contributed by atoms with Crippen LogP contribution < -0.4 is 0 Å². The molecule has 1 aliphatic rings. The van der Waals surface area contributed by atoms with E-state index in [-0.39, 0.29) is 0 Å². The van der Waals surface area contributed by atoms with Crippen LogP contribution in [-0.2, 0) is 0 Å². The van der Waals surface area contributed by atoms with Crippen molar-refractivity contribution in [2.24, 2.45) is 22.2 Å². The van der Waals surface area contributed by atoms with Crippen LogP contribution in [0.25, 0.3) is 0 Å². The van der Waals surface area contributed by atoms with Crippen LogP contribution in [0, 0.1) is 22.2 Å². The van der Waals surface area contributed by atoms with Crippen molar-refractivity contribution in [1.29, 1.82) is 0 Å². The van der Waals surface area contributed by atoms with Gasteiger partial charge in [0.15, 0.2) is 0 Å². The van der Waals surface area contributed by atoms with Gasteiger partial charge in [0.05, 0.1) is 0 Å². The van der Waals surface area contributed by atoms with Crippen LogP contribution in [0.15, 0.2) is 0 Å². The van der Waals surface area contributed by atoms with E-state index in [1.54, 1.807) is 0 Å². The van der Waals surface area contributed by atoms with E-state index in [9.17, 15) is 0 Å². The lowest BCUT2D eigenvalue weighted by molar-refractivity contribution is -0.0874. The summed E-state index contributed by atoms with van der Waals surface area (Å²) >= 11 is 0. The SMILES string of the molecule is CCC(C1CCCC1)(C(C)(C)C)C(C)(C)C. The third-order valence-corrected chi connectivity index (χ3v) is 5.29. The zero-order chi connectivity index (χ0) is 12.6. The van der Waals surface area contributed by atoms with E-state index in [0.29, 0.717) is 16.2 Å². The van der Waals surface area contributed by atoms with E-state index >= 15 is 0 Å². The number of hydrogen-bond acceptors (Lipinski definition) is 0. The molecule has 0 spiro atoms. The van der Waals surface area contributed by atoms with Gasteiger partial charge in [-0.05, 0) is 41.4 Å². The first kappa shape index (κ1) is 14.1. The minimum absolute atomic E-state index is 0.412. The van der Waals surface area contributed by atoms with Gasteiger partial charge in [-0.1, -0.05) is 61.3 Å². The van der Waals surface area contributed by atoms with Crippen molar-refractivity contribution in [2.75, 3.05) is 0 Å². The minimum Gasteiger partial charge on any atom is -0.0648 e. The molecule has 96 valence electrons. The lowest BCUT2D eigenvalue weighted by Gasteiger charge is -2.57. The van der Waals surface area contributed by atoms with Crippen LogP contribution in [0.3, 0.4) is 0 Å². The third kappa shape index (κ3) is 2.05. The second kappa shape index (κ2) is 4.35. The van der Waals surface area contributed by atoms with Crippen molar-refractivity contribution >= 4 is 0 Å². The highest BCUT2D eigenvalue weighted by Crippen LogP contribution is 2.61. The molecule has 16 heavy (non-hydrogen) atoms. The van der Waals surface area contributed by atoms with E-state index in [1.165, 1.54) is 32.1 Å². The van der Waals surface area contributed by atoms with Crippen LogP contribution in [0.5, 0.6) is 0 Å². The van der Waals surface area contributed by atoms with Crippen molar-refractivity contribution in [3.05, 3.63) is 0 Å². The third-order valence-electron chi connectivity index (χ3n) is 5.29. The Balaban J connectivity index is 3.18. The molecule has 0 radical (unpaired) electrons. The van der Waals surface area contributed by atoms with Gasteiger partial charge in [-0.3, -0.25) is 0 Å². The summed E-state index contributed by atoms with van der Waals surface area (Å²) in [6, 6.07) is 0. The van der Waals surface area contributed by atoms with Gasteiger partial charge in [-0.2, -0.15) is 0 Å². The Morgan fingerprint density at radius 2 is 1.19 bits per heavy atom. The maximum absolute atomic E-state index is 2.46. The molecule has 0 bridgehead atoms. The maximum atomic E-state index is 2.46. The smallest absolute Gasteiger partial charge is 0.0175 e. The highest BCUT2D eigenvalue weighted by Gasteiger charge is 2.53. The number of rotatable bonds is 2. The fourth-order valence-electron chi connectivity index (χ4n) is 5.12. The summed E-state index contributed by atoms with van der Waals surface area (Å²) in [6.07, 6.45) is 7.16. The predicted octanol–water partition coefficient (Wildman–Crippen LogP) is 5.67. The Morgan fingerprint density at radius 3 is 1.44 bits per heavy atom. The zero-order valence-corrected chi connectivity index (χ0v) is 12.6. The van der Waals surface area contributed by atoms with Crippen LogP contribution >= 0.6 is 0 Å². The molecule has 0 amide bonds. The van der Waals surface area contributed by atoms with Crippen molar-refractivity contribution in [1.82, 2.24) is 0 Å². The molecule has 0 aromatic carbocycles. The molecule has 0 saturated heterocycles. The maximum Gasteiger partial charge on any atom is -0.0175 e. The summed E-state index contributed by atoms with van der Waals surface area (Å²) in [7, 11) is 0. The minimum atomic E-state index is 0.412. The zero-order valence-electron chi connectivity index (χ0n) is 12.6. The Morgan fingerprint density at radius 1 is 0.812 bits per heavy atom. The average molecular weight is 224 g/mol. The largest absolute Gasteiger partial charge is 0.0648 e. The van der Waals surface area contributed by atoms with Gasteiger partial charge in [0.25, 0.3) is 0 Å². The molecule has 1 fully saturated rings. The number of hydrogen-bond donors (Lipinski definition) is 0. The lowest BCUT2D eigenvalue weighted by Crippen LogP contribution is -2.50. The van der Waals surface area contributed by atoms with E-state index < -0.39 is 0 Å². The molecule has 0 unspecified atom stereocenters. The van der Waals surface area contributed by atoms with Gasteiger partial charge >= 0.3 is 0 Å². The monoisotopic (exact) mass is 224 g/mol. The second-order valence-corrected chi connectivity index (χ2v) is 7.81. The molecule has 0 aromatic rings. The molecule has 1 aliphatic carbocycles. The summed E-state index contributed by atoms with van der Waals surface area (Å²) in [5, 5.41) is 0. The summed E-state index contributed by atoms with van der Waals surface area (Å²) in [5.74, 6) is 0.942. The second-order valence-electron chi connectivity index (χ2n) is 7.81. The van der Waals surface area contributed by atoms with E-state index in [1.807, 2.05) is 0 Å². The molecule has 1 rings (SSSR count). The molecule has 0 aliphatic heterocycles. The van der Waals surface area contributed by atoms with E-state index in [4.69, 9.17) is 0 Å². The van der Waals surface area contributed by atoms with Gasteiger partial charge in [-0.15, -0.1) is 0 Å². The van der Waals surface area contributed by atoms with Crippen molar-refractivity contribution in [3.8, 4) is 0 Å². The van der Waals surface area contributed by atoms with Gasteiger partial charge in [0, 0.05) is 0 Å². The molecule has 0 N–H and O–H groups in total. The highest BCUT2D eigenvalue weighted by atomic mass is 14.6. The van der Waals surface area contributed by atoms with Crippen LogP contribution in [0.2, 0.25) is 0 Å². The van der Waals surface area contributed by atoms with E-state index in [2.05, 4.69) is 48.5 Å². The molecule has 0 aromatic heterocycles. The first-order valence-electron chi connectivity index (χ1n) is 7.17. The first-order chi connectivity index (χ1) is 7.17. The van der Waals surface area contributed by atoms with Gasteiger partial charge in [0.1, 0.15) is 0 Å². The predicted molar refractivity (Wildman–Crippen MR) is 73.6 cm³/mol. The van der Waals surface area contributed by atoms with Gasteiger partial charge < -0.3 is 0 Å². The lowest BCUT2D eigenvalue weighted by atomic mass is 9.47. The summed E-state index contributed by atoms with van der Waals surface area (Å²) < 4.78 is 0. The molecule has 0 heteroatoms. The van der Waals surface area contributed by atoms with Crippen LogP contribution in [0.1, 0.15) is 80.6 Å². The normalized spacial score (nSPS) is 20.4. The quantitative estimate of drug-likeness (QED) is 0.567. The van der Waals surface area contributed by atoms with Gasteiger partial charge in [0.2, 0.25) is 0 Å². The Labute approximate surface area is 103 Å². The topological polar surface area (TPSA) is 0 Å². The summed E-state index contributed by atoms with van der Waals surface area (Å²) in [6.45, 7) is 17.2. The Hall–Kier alpha value is 0. The Kier molecular flexibility index (Phi) is 3.82. The molecule has 0 heterocycles. The van der Waals surface area contributed by atoms with Crippen molar-refractivity contribution in [3.63, 3.8) is 0 Å².